The summed E-state index contributed by atoms with van der Waals surface area (Å²) in [6, 6.07) is 10.1. The van der Waals surface area contributed by atoms with Gasteiger partial charge < -0.3 is 10.6 Å². The Labute approximate surface area is 104 Å². The van der Waals surface area contributed by atoms with E-state index in [4.69, 9.17) is 5.73 Å². The molecule has 0 saturated carbocycles. The van der Waals surface area contributed by atoms with Crippen LogP contribution in [0.5, 0.6) is 0 Å². The van der Waals surface area contributed by atoms with Gasteiger partial charge in [0.2, 0.25) is 5.91 Å². The smallest absolute Gasteiger partial charge is 0.222 e. The lowest BCUT2D eigenvalue weighted by Crippen LogP contribution is -2.36. The van der Waals surface area contributed by atoms with Crippen molar-refractivity contribution >= 4 is 5.91 Å². The maximum absolute atomic E-state index is 12.0. The third-order valence-corrected chi connectivity index (χ3v) is 2.72. The zero-order chi connectivity index (χ0) is 12.5. The number of hydrogen-bond donors (Lipinski definition) is 1. The summed E-state index contributed by atoms with van der Waals surface area (Å²) in [5, 5.41) is 0. The summed E-state index contributed by atoms with van der Waals surface area (Å²) in [5.41, 5.74) is 6.72. The quantitative estimate of drug-likeness (QED) is 0.782. The maximum Gasteiger partial charge on any atom is 0.222 e. The fourth-order valence-electron chi connectivity index (χ4n) is 1.84. The zero-order valence-electron chi connectivity index (χ0n) is 10.6. The van der Waals surface area contributed by atoms with Gasteiger partial charge in [0, 0.05) is 26.1 Å². The van der Waals surface area contributed by atoms with Crippen LogP contribution in [0.3, 0.4) is 0 Å². The van der Waals surface area contributed by atoms with Gasteiger partial charge in [0.1, 0.15) is 0 Å². The van der Waals surface area contributed by atoms with Gasteiger partial charge in [-0.05, 0) is 18.4 Å². The standard InChI is InChI=1S/C14H22N2O/c1-2-11-16(12-10-15)14(17)9-8-13-6-4-3-5-7-13/h3-7H,2,8-12,15H2,1H3. The van der Waals surface area contributed by atoms with Crippen LogP contribution >= 0.6 is 0 Å². The third kappa shape index (κ3) is 5.00. The fraction of sp³-hybridized carbons (Fsp3) is 0.500. The highest BCUT2D eigenvalue weighted by atomic mass is 16.2. The molecule has 1 aromatic carbocycles. The van der Waals surface area contributed by atoms with E-state index >= 15 is 0 Å². The number of aryl methyl sites for hydroxylation is 1. The molecular formula is C14H22N2O. The van der Waals surface area contributed by atoms with Crippen molar-refractivity contribution in [2.75, 3.05) is 19.6 Å². The van der Waals surface area contributed by atoms with Gasteiger partial charge in [-0.2, -0.15) is 0 Å². The summed E-state index contributed by atoms with van der Waals surface area (Å²) < 4.78 is 0. The minimum absolute atomic E-state index is 0.209. The lowest BCUT2D eigenvalue weighted by Gasteiger charge is -2.21. The Balaban J connectivity index is 2.41. The molecule has 17 heavy (non-hydrogen) atoms. The van der Waals surface area contributed by atoms with Gasteiger partial charge in [-0.3, -0.25) is 4.79 Å². The first-order chi connectivity index (χ1) is 8.27. The first kappa shape index (κ1) is 13.7. The lowest BCUT2D eigenvalue weighted by molar-refractivity contribution is -0.131. The highest BCUT2D eigenvalue weighted by molar-refractivity contribution is 5.76. The predicted octanol–water partition coefficient (Wildman–Crippen LogP) is 1.82. The maximum atomic E-state index is 12.0. The van der Waals surface area contributed by atoms with Crippen LogP contribution in [0, 0.1) is 0 Å². The molecule has 0 bridgehead atoms. The number of hydrogen-bond acceptors (Lipinski definition) is 2. The molecule has 0 unspecified atom stereocenters. The van der Waals surface area contributed by atoms with E-state index in [1.165, 1.54) is 5.56 Å². The molecule has 0 aliphatic rings. The van der Waals surface area contributed by atoms with E-state index in [9.17, 15) is 4.79 Å². The number of nitrogens with two attached hydrogens (primary N) is 1. The van der Waals surface area contributed by atoms with Crippen LogP contribution in [-0.4, -0.2) is 30.4 Å². The Morgan fingerprint density at radius 1 is 1.24 bits per heavy atom. The molecule has 2 N–H and O–H groups in total. The van der Waals surface area contributed by atoms with Crippen LogP contribution in [-0.2, 0) is 11.2 Å². The SMILES string of the molecule is CCCN(CCN)C(=O)CCc1ccccc1. The van der Waals surface area contributed by atoms with Crippen molar-refractivity contribution in [3.63, 3.8) is 0 Å². The van der Waals surface area contributed by atoms with Crippen LogP contribution < -0.4 is 5.73 Å². The summed E-state index contributed by atoms with van der Waals surface area (Å²) in [6.45, 7) is 4.09. The number of nitrogens with zero attached hydrogens (tertiary/aromatic N) is 1. The van der Waals surface area contributed by atoms with Gasteiger partial charge >= 0.3 is 0 Å². The monoisotopic (exact) mass is 234 g/mol. The molecule has 1 rings (SSSR count). The topological polar surface area (TPSA) is 46.3 Å². The molecule has 0 saturated heterocycles. The molecule has 0 aliphatic heterocycles. The molecule has 3 nitrogen and oxygen atoms in total. The minimum atomic E-state index is 0.209. The molecular weight excluding hydrogens is 212 g/mol. The van der Waals surface area contributed by atoms with E-state index in [1.807, 2.05) is 23.1 Å². The number of rotatable bonds is 7. The second-order valence-corrected chi connectivity index (χ2v) is 4.16. The summed E-state index contributed by atoms with van der Waals surface area (Å²) in [4.78, 5) is 13.8. The van der Waals surface area contributed by atoms with Crippen LogP contribution in [0.2, 0.25) is 0 Å². The molecule has 0 heterocycles. The minimum Gasteiger partial charge on any atom is -0.341 e. The Morgan fingerprint density at radius 3 is 2.53 bits per heavy atom. The first-order valence-electron chi connectivity index (χ1n) is 6.29. The van der Waals surface area contributed by atoms with Crippen molar-refractivity contribution < 1.29 is 4.79 Å². The second kappa shape index (κ2) is 7.85. The van der Waals surface area contributed by atoms with Crippen LogP contribution in [0.1, 0.15) is 25.3 Å². The van der Waals surface area contributed by atoms with Crippen molar-refractivity contribution in [1.82, 2.24) is 4.90 Å². The van der Waals surface area contributed by atoms with E-state index in [0.717, 1.165) is 19.4 Å². The summed E-state index contributed by atoms with van der Waals surface area (Å²) in [6.07, 6.45) is 2.37. The largest absolute Gasteiger partial charge is 0.341 e. The van der Waals surface area contributed by atoms with E-state index in [0.29, 0.717) is 19.5 Å². The Morgan fingerprint density at radius 2 is 1.94 bits per heavy atom. The van der Waals surface area contributed by atoms with Gasteiger partial charge in [-0.15, -0.1) is 0 Å². The Kier molecular flexibility index (Phi) is 6.33. The van der Waals surface area contributed by atoms with E-state index in [-0.39, 0.29) is 5.91 Å². The first-order valence-corrected chi connectivity index (χ1v) is 6.29. The molecule has 0 aromatic heterocycles. The van der Waals surface area contributed by atoms with Crippen LogP contribution in [0.25, 0.3) is 0 Å². The number of carbonyl (C=O) groups excluding carboxylic acids is 1. The van der Waals surface area contributed by atoms with Crippen molar-refractivity contribution in [2.45, 2.75) is 26.2 Å². The Bertz CT molecular complexity index is 318. The predicted molar refractivity (Wildman–Crippen MR) is 70.7 cm³/mol. The normalized spacial score (nSPS) is 10.2. The van der Waals surface area contributed by atoms with Crippen molar-refractivity contribution in [3.05, 3.63) is 35.9 Å². The summed E-state index contributed by atoms with van der Waals surface area (Å²) in [7, 11) is 0. The van der Waals surface area contributed by atoms with Crippen molar-refractivity contribution in [1.29, 1.82) is 0 Å². The highest BCUT2D eigenvalue weighted by Gasteiger charge is 2.11. The molecule has 0 spiro atoms. The average molecular weight is 234 g/mol. The number of amides is 1. The van der Waals surface area contributed by atoms with Crippen LogP contribution in [0.15, 0.2) is 30.3 Å². The van der Waals surface area contributed by atoms with Gasteiger partial charge in [0.15, 0.2) is 0 Å². The number of benzene rings is 1. The molecule has 1 aromatic rings. The van der Waals surface area contributed by atoms with Gasteiger partial charge in [-0.25, -0.2) is 0 Å². The molecule has 0 aliphatic carbocycles. The third-order valence-electron chi connectivity index (χ3n) is 2.72. The van der Waals surface area contributed by atoms with Crippen molar-refractivity contribution in [2.24, 2.45) is 5.73 Å². The second-order valence-electron chi connectivity index (χ2n) is 4.16. The fourth-order valence-corrected chi connectivity index (χ4v) is 1.84. The number of carbonyl (C=O) groups is 1. The molecule has 1 amide bonds. The lowest BCUT2D eigenvalue weighted by atomic mass is 10.1. The van der Waals surface area contributed by atoms with Gasteiger partial charge in [-0.1, -0.05) is 37.3 Å². The van der Waals surface area contributed by atoms with Gasteiger partial charge in [0.05, 0.1) is 0 Å². The Hall–Kier alpha value is -1.35. The summed E-state index contributed by atoms with van der Waals surface area (Å²) >= 11 is 0. The molecule has 0 fully saturated rings. The molecule has 0 radical (unpaired) electrons. The molecule has 94 valence electrons. The van der Waals surface area contributed by atoms with E-state index < -0.39 is 0 Å². The van der Waals surface area contributed by atoms with Crippen LogP contribution in [0.4, 0.5) is 0 Å². The molecule has 3 heteroatoms. The molecule has 0 atom stereocenters. The summed E-state index contributed by atoms with van der Waals surface area (Å²) in [5.74, 6) is 0.209. The highest BCUT2D eigenvalue weighted by Crippen LogP contribution is 2.05. The van der Waals surface area contributed by atoms with Crippen molar-refractivity contribution in [3.8, 4) is 0 Å². The average Bonchev–Trinajstić information content (AvgIpc) is 2.37. The van der Waals surface area contributed by atoms with Gasteiger partial charge in [0.25, 0.3) is 0 Å². The van der Waals surface area contributed by atoms with E-state index in [1.54, 1.807) is 0 Å². The van der Waals surface area contributed by atoms with E-state index in [2.05, 4.69) is 19.1 Å². The zero-order valence-corrected chi connectivity index (χ0v) is 10.6.